The third-order valence-corrected chi connectivity index (χ3v) is 2.51. The Labute approximate surface area is 118 Å². The lowest BCUT2D eigenvalue weighted by atomic mass is 10.1. The number of hydrogen-bond donors (Lipinski definition) is 3. The summed E-state index contributed by atoms with van der Waals surface area (Å²) in [6.45, 7) is 2.58. The first-order chi connectivity index (χ1) is 9.67. The lowest BCUT2D eigenvalue weighted by Crippen LogP contribution is -2.29. The van der Waals surface area contributed by atoms with E-state index in [1.54, 1.807) is 0 Å². The fourth-order valence-electron chi connectivity index (χ4n) is 1.49. The molecule has 0 atom stereocenters. The van der Waals surface area contributed by atoms with Gasteiger partial charge in [-0.2, -0.15) is 0 Å². The summed E-state index contributed by atoms with van der Waals surface area (Å²) >= 11 is 0. The Morgan fingerprint density at radius 1 is 1.45 bits per heavy atom. The van der Waals surface area contributed by atoms with Gasteiger partial charge in [0.25, 0.3) is 0 Å². The van der Waals surface area contributed by atoms with E-state index in [1.165, 1.54) is 18.2 Å². The van der Waals surface area contributed by atoms with Gasteiger partial charge in [0, 0.05) is 13.0 Å². The first-order valence-electron chi connectivity index (χ1n) is 6.61. The molecule has 0 spiro atoms. The first kappa shape index (κ1) is 16.0. The Kier molecular flexibility index (Phi) is 7.15. The quantitative estimate of drug-likeness (QED) is 0.572. The fraction of sp³-hybridized carbons (Fsp3) is 0.400. The highest BCUT2D eigenvalue weighted by atomic mass is 19.1. The number of urea groups is 1. The molecule has 108 valence electrons. The van der Waals surface area contributed by atoms with Gasteiger partial charge in [0.05, 0.1) is 17.9 Å². The Hall–Kier alpha value is -2.06. The molecule has 0 aliphatic heterocycles. The molecule has 0 radical (unpaired) electrons. The normalized spacial score (nSPS) is 9.55. The van der Waals surface area contributed by atoms with E-state index in [9.17, 15) is 9.18 Å². The van der Waals surface area contributed by atoms with E-state index in [2.05, 4.69) is 22.5 Å². The van der Waals surface area contributed by atoms with E-state index in [1.807, 2.05) is 6.92 Å². The van der Waals surface area contributed by atoms with Crippen molar-refractivity contribution in [3.8, 4) is 11.8 Å². The van der Waals surface area contributed by atoms with E-state index in [0.29, 0.717) is 24.2 Å². The lowest BCUT2D eigenvalue weighted by Gasteiger charge is -2.09. The second kappa shape index (κ2) is 8.94. The van der Waals surface area contributed by atoms with Gasteiger partial charge in [-0.05, 0) is 24.6 Å². The van der Waals surface area contributed by atoms with Crippen molar-refractivity contribution in [1.82, 2.24) is 5.32 Å². The molecule has 0 unspecified atom stereocenters. The van der Waals surface area contributed by atoms with Gasteiger partial charge in [-0.3, -0.25) is 0 Å². The van der Waals surface area contributed by atoms with Crippen LogP contribution < -0.4 is 10.6 Å². The zero-order valence-corrected chi connectivity index (χ0v) is 11.5. The van der Waals surface area contributed by atoms with E-state index < -0.39 is 5.82 Å². The summed E-state index contributed by atoms with van der Waals surface area (Å²) < 4.78 is 13.2. The number of aliphatic hydroxyl groups is 1. The monoisotopic (exact) mass is 278 g/mol. The van der Waals surface area contributed by atoms with Crippen LogP contribution in [0.3, 0.4) is 0 Å². The highest BCUT2D eigenvalue weighted by Crippen LogP contribution is 2.16. The van der Waals surface area contributed by atoms with Gasteiger partial charge in [0.15, 0.2) is 0 Å². The van der Waals surface area contributed by atoms with Crippen molar-refractivity contribution in [2.45, 2.75) is 26.2 Å². The number of amides is 2. The van der Waals surface area contributed by atoms with Gasteiger partial charge in [-0.15, -0.1) is 0 Å². The van der Waals surface area contributed by atoms with Crippen LogP contribution in [0.15, 0.2) is 18.2 Å². The summed E-state index contributed by atoms with van der Waals surface area (Å²) in [5.74, 6) is 5.02. The molecule has 0 aromatic heterocycles. The third-order valence-electron chi connectivity index (χ3n) is 2.51. The lowest BCUT2D eigenvalue weighted by molar-refractivity contribution is 0.252. The van der Waals surface area contributed by atoms with E-state index in [-0.39, 0.29) is 12.6 Å². The Balaban J connectivity index is 2.74. The van der Waals surface area contributed by atoms with Crippen molar-refractivity contribution in [1.29, 1.82) is 0 Å². The molecule has 0 saturated carbocycles. The average molecular weight is 278 g/mol. The number of benzene rings is 1. The molecule has 1 aromatic carbocycles. The third kappa shape index (κ3) is 5.72. The predicted octanol–water partition coefficient (Wildman–Crippen LogP) is 2.48. The van der Waals surface area contributed by atoms with Crippen LogP contribution in [0, 0.1) is 17.7 Å². The van der Waals surface area contributed by atoms with Crippen molar-refractivity contribution < 1.29 is 14.3 Å². The molecule has 0 bridgehead atoms. The van der Waals surface area contributed by atoms with Crippen molar-refractivity contribution in [3.05, 3.63) is 29.6 Å². The highest BCUT2D eigenvalue weighted by Gasteiger charge is 2.06. The molecular weight excluding hydrogens is 259 g/mol. The maximum atomic E-state index is 13.2. The van der Waals surface area contributed by atoms with E-state index in [4.69, 9.17) is 5.11 Å². The van der Waals surface area contributed by atoms with Gasteiger partial charge < -0.3 is 15.7 Å². The zero-order chi connectivity index (χ0) is 14.8. The number of anilines is 1. The molecule has 0 saturated heterocycles. The van der Waals surface area contributed by atoms with E-state index >= 15 is 0 Å². The second-order valence-corrected chi connectivity index (χ2v) is 4.20. The molecule has 1 aromatic rings. The summed E-state index contributed by atoms with van der Waals surface area (Å²) in [4.78, 5) is 11.7. The molecule has 4 nitrogen and oxygen atoms in total. The molecule has 0 fully saturated rings. The van der Waals surface area contributed by atoms with E-state index in [0.717, 1.165) is 12.8 Å². The summed E-state index contributed by atoms with van der Waals surface area (Å²) in [7, 11) is 0. The van der Waals surface area contributed by atoms with Crippen LogP contribution in [0.25, 0.3) is 0 Å². The minimum absolute atomic E-state index is 0.0530. The molecule has 3 N–H and O–H groups in total. The number of hydrogen-bond acceptors (Lipinski definition) is 2. The zero-order valence-electron chi connectivity index (χ0n) is 11.5. The second-order valence-electron chi connectivity index (χ2n) is 4.20. The molecule has 20 heavy (non-hydrogen) atoms. The number of carbonyl (C=O) groups excluding carboxylic acids is 1. The summed E-state index contributed by atoms with van der Waals surface area (Å²) in [5, 5.41) is 14.0. The number of carbonyl (C=O) groups is 1. The van der Waals surface area contributed by atoms with Crippen LogP contribution in [0.1, 0.15) is 31.7 Å². The van der Waals surface area contributed by atoms with Crippen molar-refractivity contribution in [2.24, 2.45) is 0 Å². The fourth-order valence-corrected chi connectivity index (χ4v) is 1.49. The summed E-state index contributed by atoms with van der Waals surface area (Å²) in [6.07, 6.45) is 2.20. The van der Waals surface area contributed by atoms with Crippen LogP contribution in [0.4, 0.5) is 14.9 Å². The molecule has 2 amide bonds. The van der Waals surface area contributed by atoms with Gasteiger partial charge in [0.1, 0.15) is 5.82 Å². The number of nitrogens with one attached hydrogen (secondary N) is 2. The minimum atomic E-state index is -0.421. The maximum absolute atomic E-state index is 13.2. The highest BCUT2D eigenvalue weighted by molar-refractivity contribution is 5.90. The van der Waals surface area contributed by atoms with Gasteiger partial charge >= 0.3 is 6.03 Å². The minimum Gasteiger partial charge on any atom is -0.395 e. The van der Waals surface area contributed by atoms with Gasteiger partial charge in [-0.1, -0.05) is 25.2 Å². The van der Waals surface area contributed by atoms with Crippen LogP contribution in [0.5, 0.6) is 0 Å². The van der Waals surface area contributed by atoms with Crippen LogP contribution in [-0.4, -0.2) is 24.3 Å². The molecule has 0 aliphatic rings. The topological polar surface area (TPSA) is 61.4 Å². The average Bonchev–Trinajstić information content (AvgIpc) is 2.42. The van der Waals surface area contributed by atoms with Crippen molar-refractivity contribution >= 4 is 11.7 Å². The standard InChI is InChI=1S/C15H19FN2O2/c1-2-3-9-17-15(20)18-14-8-7-13(16)11-12(14)6-4-5-10-19/h7-8,11,19H,2-3,5,9-10H2,1H3,(H2,17,18,20). The van der Waals surface area contributed by atoms with Crippen molar-refractivity contribution in [3.63, 3.8) is 0 Å². The Morgan fingerprint density at radius 3 is 2.95 bits per heavy atom. The summed E-state index contributed by atoms with van der Waals surface area (Å²) in [5.41, 5.74) is 0.843. The van der Waals surface area contributed by atoms with Crippen LogP contribution in [-0.2, 0) is 0 Å². The van der Waals surface area contributed by atoms with Crippen LogP contribution in [0.2, 0.25) is 0 Å². The molecule has 0 aliphatic carbocycles. The molecule has 1 rings (SSSR count). The van der Waals surface area contributed by atoms with Crippen LogP contribution >= 0.6 is 0 Å². The Bertz CT molecular complexity index is 506. The number of aliphatic hydroxyl groups excluding tert-OH is 1. The molecular formula is C15H19FN2O2. The molecule has 0 heterocycles. The van der Waals surface area contributed by atoms with Crippen molar-refractivity contribution in [2.75, 3.05) is 18.5 Å². The number of unbranched alkanes of at least 4 members (excludes halogenated alkanes) is 1. The maximum Gasteiger partial charge on any atom is 0.319 e. The smallest absolute Gasteiger partial charge is 0.319 e. The number of rotatable bonds is 5. The predicted molar refractivity (Wildman–Crippen MR) is 76.9 cm³/mol. The SMILES string of the molecule is CCCCNC(=O)Nc1ccc(F)cc1C#CCCO. The number of halogens is 1. The van der Waals surface area contributed by atoms with Gasteiger partial charge in [-0.25, -0.2) is 9.18 Å². The Morgan fingerprint density at radius 2 is 2.25 bits per heavy atom. The summed E-state index contributed by atoms with van der Waals surface area (Å²) in [6, 6.07) is 3.65. The first-order valence-corrected chi connectivity index (χ1v) is 6.61. The molecule has 5 heteroatoms. The van der Waals surface area contributed by atoms with Gasteiger partial charge in [0.2, 0.25) is 0 Å². The largest absolute Gasteiger partial charge is 0.395 e.